The summed E-state index contributed by atoms with van der Waals surface area (Å²) in [5.74, 6) is 0.0401. The van der Waals surface area contributed by atoms with Crippen LogP contribution in [0.4, 0.5) is 5.82 Å². The van der Waals surface area contributed by atoms with Crippen LogP contribution in [0.3, 0.4) is 0 Å². The van der Waals surface area contributed by atoms with Crippen LogP contribution in [0.1, 0.15) is 6.23 Å². The molecule has 41 heavy (non-hydrogen) atoms. The molecule has 0 bridgehead atoms. The number of phosphoric acid groups is 4. The predicted molar refractivity (Wildman–Crippen MR) is 113 cm³/mol. The molecule has 2 aromatic heterocycles. The van der Waals surface area contributed by atoms with E-state index in [2.05, 4.69) is 62.6 Å². The molecule has 3 rings (SSSR count). The van der Waals surface area contributed by atoms with Gasteiger partial charge in [-0.25, -0.2) is 38.1 Å². The molecule has 0 radical (unpaired) electrons. The monoisotopic (exact) mass is 683 g/mol. The maximum absolute atomic E-state index is 11.6. The number of nitrogens with zero attached hydrogens (tertiary/aromatic N) is 4. The SMILES string of the molecule is Nc1ncnc2c1ncn2C1OC(COOOP(=O)(O)OOOP(=O)(O)OOOP(=O)(O)OP(=O)(O)O)C(O)C1O. The summed E-state index contributed by atoms with van der Waals surface area (Å²) < 4.78 is 71.8. The third kappa shape index (κ3) is 10.1. The summed E-state index contributed by atoms with van der Waals surface area (Å²) in [6.45, 7) is -0.743. The number of hydrogen-bond acceptors (Lipinski definition) is 21. The van der Waals surface area contributed by atoms with Crippen molar-refractivity contribution in [3.05, 3.63) is 12.7 Å². The highest BCUT2D eigenvalue weighted by molar-refractivity contribution is 7.60. The van der Waals surface area contributed by atoms with Crippen molar-refractivity contribution in [2.75, 3.05) is 12.3 Å². The summed E-state index contributed by atoms with van der Waals surface area (Å²) in [6.07, 6.45) is -3.38. The highest BCUT2D eigenvalue weighted by Gasteiger charge is 2.45. The van der Waals surface area contributed by atoms with Crippen LogP contribution in [0, 0.1) is 0 Å². The number of rotatable bonds is 16. The second-order valence-corrected chi connectivity index (χ2v) is 12.2. The molecular weight excluding hydrogens is 666 g/mol. The van der Waals surface area contributed by atoms with Crippen molar-refractivity contribution in [1.82, 2.24) is 19.5 Å². The van der Waals surface area contributed by atoms with E-state index in [1.54, 1.807) is 0 Å². The quantitative estimate of drug-likeness (QED) is 0.0413. The minimum Gasteiger partial charge on any atom is -0.387 e. The molecule has 2 aromatic rings. The van der Waals surface area contributed by atoms with E-state index in [0.29, 0.717) is 0 Å². The van der Waals surface area contributed by atoms with Gasteiger partial charge in [-0.15, -0.1) is 0 Å². The standard InChI is InChI=1S/C10H17N5O22P4/c11-8-5-9(13-2-12-8)15(3-14-5)10-7(17)6(16)4(28-10)1-27-29-32-39(21,22)33-30-34-40(23,24)35-31-36-41(25,26)37-38(18,19)20/h2-4,6-7,10,16-17H,1H2,(H,21,22)(H,23,24)(H,25,26)(H2,11,12,13)(H2,18,19,20). The number of anilines is 1. The van der Waals surface area contributed by atoms with Crippen LogP contribution in [-0.2, 0) is 70.7 Å². The van der Waals surface area contributed by atoms with Gasteiger partial charge in [0.2, 0.25) is 0 Å². The van der Waals surface area contributed by atoms with Crippen LogP contribution in [0.25, 0.3) is 11.2 Å². The third-order valence-corrected chi connectivity index (χ3v) is 7.03. The normalized spacial score (nSPS) is 26.0. The zero-order chi connectivity index (χ0) is 30.6. The van der Waals surface area contributed by atoms with Gasteiger partial charge in [-0.3, -0.25) is 14.4 Å². The number of imidazole rings is 1. The van der Waals surface area contributed by atoms with E-state index in [4.69, 9.17) is 30.0 Å². The maximum Gasteiger partial charge on any atom is 0.531 e. The molecule has 9 N–H and O–H groups in total. The molecule has 1 saturated heterocycles. The molecule has 0 aromatic carbocycles. The first-order chi connectivity index (χ1) is 18.9. The molecule has 7 unspecified atom stereocenters. The highest BCUT2D eigenvalue weighted by Crippen LogP contribution is 2.58. The number of aliphatic hydroxyl groups excluding tert-OH is 2. The van der Waals surface area contributed by atoms with E-state index in [9.17, 15) is 33.4 Å². The Balaban J connectivity index is 1.38. The van der Waals surface area contributed by atoms with Gasteiger partial charge in [0.15, 0.2) is 17.7 Å². The van der Waals surface area contributed by atoms with Crippen molar-refractivity contribution in [3.63, 3.8) is 0 Å². The van der Waals surface area contributed by atoms with Crippen molar-refractivity contribution < 1.29 is 105 Å². The molecular formula is C10H17N5O22P4. The molecule has 0 amide bonds. The average Bonchev–Trinajstić information content (AvgIpc) is 3.37. The minimum atomic E-state index is -5.67. The molecule has 0 spiro atoms. The van der Waals surface area contributed by atoms with Crippen LogP contribution in [0.5, 0.6) is 0 Å². The second kappa shape index (κ2) is 13.5. The molecule has 31 heteroatoms. The van der Waals surface area contributed by atoms with E-state index in [1.165, 1.54) is 10.9 Å². The lowest BCUT2D eigenvalue weighted by Crippen LogP contribution is -2.33. The first-order valence-corrected chi connectivity index (χ1v) is 15.7. The Bertz CT molecular complexity index is 1380. The van der Waals surface area contributed by atoms with Gasteiger partial charge in [0.05, 0.1) is 6.33 Å². The van der Waals surface area contributed by atoms with Gasteiger partial charge >= 0.3 is 31.3 Å². The largest absolute Gasteiger partial charge is 0.531 e. The number of nitrogen functional groups attached to an aromatic ring is 1. The van der Waals surface area contributed by atoms with Crippen LogP contribution in [-0.4, -0.2) is 79.1 Å². The number of nitrogens with two attached hydrogens (primary N) is 1. The van der Waals surface area contributed by atoms with Gasteiger partial charge in [-0.1, -0.05) is 28.4 Å². The number of aromatic nitrogens is 4. The number of aliphatic hydroxyl groups is 2. The van der Waals surface area contributed by atoms with Crippen molar-refractivity contribution in [2.24, 2.45) is 0 Å². The van der Waals surface area contributed by atoms with Gasteiger partial charge in [0, 0.05) is 0 Å². The van der Waals surface area contributed by atoms with Crippen molar-refractivity contribution in [1.29, 1.82) is 0 Å². The third-order valence-electron chi connectivity index (χ3n) is 4.11. The molecule has 27 nitrogen and oxygen atoms in total. The first kappa shape index (κ1) is 34.0. The lowest BCUT2D eigenvalue weighted by atomic mass is 10.1. The van der Waals surface area contributed by atoms with E-state index in [1.807, 2.05) is 0 Å². The van der Waals surface area contributed by atoms with E-state index >= 15 is 0 Å². The molecule has 234 valence electrons. The smallest absolute Gasteiger partial charge is 0.387 e. The Morgan fingerprint density at radius 2 is 1.39 bits per heavy atom. The Morgan fingerprint density at radius 3 is 1.98 bits per heavy atom. The second-order valence-electron chi connectivity index (χ2n) is 6.97. The van der Waals surface area contributed by atoms with Crippen LogP contribution in [0.15, 0.2) is 12.7 Å². The van der Waals surface area contributed by atoms with Gasteiger partial charge < -0.3 is 35.4 Å². The summed E-state index contributed by atoms with van der Waals surface area (Å²) in [4.78, 5) is 60.0. The summed E-state index contributed by atoms with van der Waals surface area (Å²) in [5.41, 5.74) is 6.04. The van der Waals surface area contributed by atoms with Crippen molar-refractivity contribution in [2.45, 2.75) is 24.5 Å². The zero-order valence-electron chi connectivity index (χ0n) is 19.1. The lowest BCUT2D eigenvalue weighted by molar-refractivity contribution is -0.498. The average molecular weight is 683 g/mol. The van der Waals surface area contributed by atoms with Crippen LogP contribution < -0.4 is 5.73 Å². The minimum absolute atomic E-state index is 0.0401. The molecule has 7 atom stereocenters. The summed E-state index contributed by atoms with van der Waals surface area (Å²) >= 11 is 0. The molecule has 0 aliphatic carbocycles. The van der Waals surface area contributed by atoms with Crippen molar-refractivity contribution >= 4 is 48.3 Å². The van der Waals surface area contributed by atoms with Gasteiger partial charge in [-0.05, 0) is 10.1 Å². The Kier molecular flexibility index (Phi) is 11.2. The fraction of sp³-hybridized carbons (Fsp3) is 0.500. The zero-order valence-corrected chi connectivity index (χ0v) is 22.7. The lowest BCUT2D eigenvalue weighted by Gasteiger charge is -2.16. The number of hydrogen-bond donors (Lipinski definition) is 8. The van der Waals surface area contributed by atoms with Crippen molar-refractivity contribution in [3.8, 4) is 0 Å². The first-order valence-electron chi connectivity index (χ1n) is 9.67. The van der Waals surface area contributed by atoms with Crippen LogP contribution >= 0.6 is 31.3 Å². The molecule has 1 fully saturated rings. The Morgan fingerprint density at radius 1 is 0.829 bits per heavy atom. The fourth-order valence-electron chi connectivity index (χ4n) is 2.66. The summed E-state index contributed by atoms with van der Waals surface area (Å²) in [5, 5.41) is 31.1. The molecule has 3 heterocycles. The van der Waals surface area contributed by atoms with Crippen LogP contribution in [0.2, 0.25) is 0 Å². The van der Waals surface area contributed by atoms with Gasteiger partial charge in [0.25, 0.3) is 0 Å². The van der Waals surface area contributed by atoms with E-state index in [0.717, 1.165) is 6.33 Å². The molecule has 0 saturated carbocycles. The Hall–Kier alpha value is -1.45. The molecule has 1 aliphatic heterocycles. The Labute approximate surface area is 223 Å². The number of fused-ring (bicyclic) bond motifs is 1. The van der Waals surface area contributed by atoms with Gasteiger partial charge in [0.1, 0.15) is 36.8 Å². The fourth-order valence-corrected chi connectivity index (χ4v) is 4.54. The summed E-state index contributed by atoms with van der Waals surface area (Å²) in [6, 6.07) is 0. The van der Waals surface area contributed by atoms with E-state index in [-0.39, 0.29) is 17.0 Å². The highest BCUT2D eigenvalue weighted by atomic mass is 31.3. The van der Waals surface area contributed by atoms with Gasteiger partial charge in [-0.2, -0.15) is 4.31 Å². The molecule has 1 aliphatic rings. The maximum atomic E-state index is 11.6. The topological polar surface area (TPSA) is 381 Å². The summed E-state index contributed by atoms with van der Waals surface area (Å²) in [7, 11) is -22.3. The van der Waals surface area contributed by atoms with E-state index < -0.39 is 62.4 Å². The number of ether oxygens (including phenoxy) is 1. The predicted octanol–water partition coefficient (Wildman–Crippen LogP) is -1.92.